The number of carbonyl (C=O) groups is 2. The van der Waals surface area contributed by atoms with E-state index in [1.165, 1.54) is 0 Å². The molecule has 2 aromatic carbocycles. The lowest BCUT2D eigenvalue weighted by Gasteiger charge is -2.26. The van der Waals surface area contributed by atoms with Crippen LogP contribution in [0.2, 0.25) is 0 Å². The fourth-order valence-corrected chi connectivity index (χ4v) is 3.76. The van der Waals surface area contributed by atoms with Gasteiger partial charge in [-0.3, -0.25) is 9.59 Å². The number of carbonyl (C=O) groups excluding carboxylic acids is 2. The van der Waals surface area contributed by atoms with Crippen molar-refractivity contribution in [2.45, 2.75) is 39.2 Å². The molecule has 0 saturated carbocycles. The van der Waals surface area contributed by atoms with Crippen LogP contribution in [0.4, 0.5) is 5.69 Å². The second kappa shape index (κ2) is 8.61. The number of nitrogens with zero attached hydrogens (tertiary/aromatic N) is 1. The van der Waals surface area contributed by atoms with Crippen LogP contribution in [0, 0.1) is 0 Å². The van der Waals surface area contributed by atoms with Gasteiger partial charge in [0.05, 0.1) is 12.6 Å². The molecule has 1 saturated heterocycles. The van der Waals surface area contributed by atoms with Crippen molar-refractivity contribution in [3.63, 3.8) is 0 Å². The molecule has 6 nitrogen and oxygen atoms in total. The van der Waals surface area contributed by atoms with E-state index in [2.05, 4.69) is 5.32 Å². The van der Waals surface area contributed by atoms with Gasteiger partial charge >= 0.3 is 0 Å². The van der Waals surface area contributed by atoms with Gasteiger partial charge in [-0.15, -0.1) is 0 Å². The molecule has 1 aromatic heterocycles. The fraction of sp³-hybridized carbons (Fsp3) is 0.333. The first kappa shape index (κ1) is 20.0. The van der Waals surface area contributed by atoms with E-state index in [9.17, 15) is 9.59 Å². The molecule has 1 fully saturated rings. The number of nitrogens with one attached hydrogen (secondary N) is 1. The van der Waals surface area contributed by atoms with E-state index in [0.717, 1.165) is 30.5 Å². The molecule has 156 valence electrons. The van der Waals surface area contributed by atoms with E-state index in [-0.39, 0.29) is 17.9 Å². The summed E-state index contributed by atoms with van der Waals surface area (Å²) in [4.78, 5) is 26.6. The number of furan rings is 1. The molecule has 0 bridgehead atoms. The van der Waals surface area contributed by atoms with Crippen molar-refractivity contribution >= 4 is 28.5 Å². The van der Waals surface area contributed by atoms with Crippen LogP contribution >= 0.6 is 0 Å². The van der Waals surface area contributed by atoms with Crippen molar-refractivity contribution in [1.29, 1.82) is 0 Å². The molecular weight excluding hydrogens is 380 g/mol. The van der Waals surface area contributed by atoms with Gasteiger partial charge in [0.25, 0.3) is 5.91 Å². The van der Waals surface area contributed by atoms with E-state index in [1.54, 1.807) is 17.0 Å². The second-order valence-electron chi connectivity index (χ2n) is 7.50. The normalized spacial score (nSPS) is 15.3. The monoisotopic (exact) mass is 406 g/mol. The predicted molar refractivity (Wildman–Crippen MR) is 116 cm³/mol. The standard InChI is InChI=1S/C24H26N2O4/c1-3-29-20-8-6-7-18-15-21(30-23(18)20)16(2)25-24(28)17-10-12-19(13-11-17)26-14-5-4-9-22(26)27/h6-8,10-13,15-16H,3-5,9,14H2,1-2H3,(H,25,28). The molecule has 0 aliphatic carbocycles. The average molecular weight is 406 g/mol. The molecule has 1 atom stereocenters. The molecule has 4 rings (SSSR count). The SMILES string of the molecule is CCOc1cccc2cc(C(C)NC(=O)c3ccc(N4CCCCC4=O)cc3)oc12. The van der Waals surface area contributed by atoms with Crippen molar-refractivity contribution in [2.75, 3.05) is 18.1 Å². The van der Waals surface area contributed by atoms with Crippen LogP contribution in [0.25, 0.3) is 11.0 Å². The van der Waals surface area contributed by atoms with Crippen LogP contribution in [0.3, 0.4) is 0 Å². The summed E-state index contributed by atoms with van der Waals surface area (Å²) < 4.78 is 11.6. The van der Waals surface area contributed by atoms with Crippen molar-refractivity contribution in [3.05, 3.63) is 59.9 Å². The molecule has 1 unspecified atom stereocenters. The van der Waals surface area contributed by atoms with Crippen molar-refractivity contribution in [3.8, 4) is 5.75 Å². The Balaban J connectivity index is 1.46. The number of benzene rings is 2. The molecule has 3 aromatic rings. The molecule has 30 heavy (non-hydrogen) atoms. The largest absolute Gasteiger partial charge is 0.490 e. The summed E-state index contributed by atoms with van der Waals surface area (Å²) in [5.74, 6) is 1.32. The molecule has 1 aliphatic heterocycles. The Labute approximate surface area is 175 Å². The molecule has 2 heterocycles. The summed E-state index contributed by atoms with van der Waals surface area (Å²) in [7, 11) is 0. The summed E-state index contributed by atoms with van der Waals surface area (Å²) in [5.41, 5.74) is 2.07. The van der Waals surface area contributed by atoms with Crippen LogP contribution < -0.4 is 15.0 Å². The molecule has 0 radical (unpaired) electrons. The van der Waals surface area contributed by atoms with Crippen LogP contribution in [0.1, 0.15) is 55.3 Å². The van der Waals surface area contributed by atoms with Crippen molar-refractivity contribution in [1.82, 2.24) is 5.32 Å². The van der Waals surface area contributed by atoms with Gasteiger partial charge in [-0.05, 0) is 63.1 Å². The number of hydrogen-bond acceptors (Lipinski definition) is 4. The number of piperidine rings is 1. The van der Waals surface area contributed by atoms with Gasteiger partial charge in [-0.25, -0.2) is 0 Å². The summed E-state index contributed by atoms with van der Waals surface area (Å²) in [5, 5.41) is 3.92. The highest BCUT2D eigenvalue weighted by Crippen LogP contribution is 2.31. The van der Waals surface area contributed by atoms with Gasteiger partial charge in [-0.2, -0.15) is 0 Å². The zero-order valence-corrected chi connectivity index (χ0v) is 17.3. The molecule has 1 N–H and O–H groups in total. The molecule has 1 aliphatic rings. The van der Waals surface area contributed by atoms with Gasteiger partial charge in [0.2, 0.25) is 5.91 Å². The summed E-state index contributed by atoms with van der Waals surface area (Å²) >= 11 is 0. The molecular formula is C24H26N2O4. The van der Waals surface area contributed by atoms with Gasteiger partial charge in [0, 0.05) is 29.6 Å². The van der Waals surface area contributed by atoms with Crippen LogP contribution in [-0.2, 0) is 4.79 Å². The topological polar surface area (TPSA) is 71.8 Å². The van der Waals surface area contributed by atoms with Crippen molar-refractivity contribution < 1.29 is 18.7 Å². The minimum absolute atomic E-state index is 0.142. The summed E-state index contributed by atoms with van der Waals surface area (Å²) in [6, 6.07) is 14.5. The van der Waals surface area contributed by atoms with Gasteiger partial charge in [0.15, 0.2) is 11.3 Å². The summed E-state index contributed by atoms with van der Waals surface area (Å²) in [6.45, 7) is 5.10. The van der Waals surface area contributed by atoms with Crippen LogP contribution in [0.15, 0.2) is 52.9 Å². The minimum atomic E-state index is -0.303. The first-order chi connectivity index (χ1) is 14.6. The van der Waals surface area contributed by atoms with E-state index in [4.69, 9.17) is 9.15 Å². The minimum Gasteiger partial charge on any atom is -0.490 e. The highest BCUT2D eigenvalue weighted by Gasteiger charge is 2.21. The number of amides is 2. The Morgan fingerprint density at radius 3 is 2.73 bits per heavy atom. The Morgan fingerprint density at radius 2 is 2.00 bits per heavy atom. The molecule has 2 amide bonds. The first-order valence-electron chi connectivity index (χ1n) is 10.4. The zero-order valence-electron chi connectivity index (χ0n) is 17.3. The van der Waals surface area contributed by atoms with E-state index in [1.807, 2.05) is 50.2 Å². The number of hydrogen-bond donors (Lipinski definition) is 1. The van der Waals surface area contributed by atoms with Crippen LogP contribution in [-0.4, -0.2) is 25.0 Å². The number of para-hydroxylation sites is 1. The molecule has 0 spiro atoms. The third kappa shape index (κ3) is 4.03. The molecule has 6 heteroatoms. The third-order valence-corrected chi connectivity index (χ3v) is 5.37. The maximum absolute atomic E-state index is 12.7. The van der Waals surface area contributed by atoms with Crippen LogP contribution in [0.5, 0.6) is 5.75 Å². The maximum atomic E-state index is 12.7. The predicted octanol–water partition coefficient (Wildman–Crippen LogP) is 4.84. The Kier molecular flexibility index (Phi) is 5.74. The van der Waals surface area contributed by atoms with Gasteiger partial charge < -0.3 is 19.4 Å². The highest BCUT2D eigenvalue weighted by atomic mass is 16.5. The average Bonchev–Trinajstić information content (AvgIpc) is 3.20. The van der Waals surface area contributed by atoms with E-state index in [0.29, 0.717) is 35.7 Å². The van der Waals surface area contributed by atoms with E-state index >= 15 is 0 Å². The fourth-order valence-electron chi connectivity index (χ4n) is 3.76. The third-order valence-electron chi connectivity index (χ3n) is 5.37. The quantitative estimate of drug-likeness (QED) is 0.636. The van der Waals surface area contributed by atoms with Gasteiger partial charge in [-0.1, -0.05) is 12.1 Å². The Bertz CT molecular complexity index is 1050. The number of anilines is 1. The first-order valence-corrected chi connectivity index (χ1v) is 10.4. The Morgan fingerprint density at radius 1 is 1.20 bits per heavy atom. The number of rotatable bonds is 6. The Hall–Kier alpha value is -3.28. The van der Waals surface area contributed by atoms with Gasteiger partial charge in [0.1, 0.15) is 5.76 Å². The zero-order chi connectivity index (χ0) is 21.1. The van der Waals surface area contributed by atoms with E-state index < -0.39 is 0 Å². The maximum Gasteiger partial charge on any atom is 0.251 e. The lowest BCUT2D eigenvalue weighted by atomic mass is 10.1. The van der Waals surface area contributed by atoms with Crippen molar-refractivity contribution in [2.24, 2.45) is 0 Å². The number of fused-ring (bicyclic) bond motifs is 1. The summed E-state index contributed by atoms with van der Waals surface area (Å²) in [6.07, 6.45) is 2.54. The smallest absolute Gasteiger partial charge is 0.251 e. The highest BCUT2D eigenvalue weighted by molar-refractivity contribution is 5.97. The number of ether oxygens (including phenoxy) is 1. The lowest BCUT2D eigenvalue weighted by Crippen LogP contribution is -2.35. The lowest BCUT2D eigenvalue weighted by molar-refractivity contribution is -0.119. The second-order valence-corrected chi connectivity index (χ2v) is 7.50.